The maximum absolute atomic E-state index is 12.1. The smallest absolute Gasteiger partial charge is 0.326 e. The molecule has 1 aliphatic heterocycles. The summed E-state index contributed by atoms with van der Waals surface area (Å²) in [6.07, 6.45) is 1.65. The maximum atomic E-state index is 12.1. The van der Waals surface area contributed by atoms with Gasteiger partial charge in [-0.15, -0.1) is 0 Å². The van der Waals surface area contributed by atoms with Gasteiger partial charge in [-0.3, -0.25) is 4.79 Å². The molecule has 1 amide bonds. The molecule has 0 unspecified atom stereocenters. The van der Waals surface area contributed by atoms with Crippen molar-refractivity contribution < 1.29 is 31.1 Å². The van der Waals surface area contributed by atoms with Crippen molar-refractivity contribution in [1.29, 1.82) is 0 Å². The van der Waals surface area contributed by atoms with Gasteiger partial charge in [0.15, 0.2) is 0 Å². The Morgan fingerprint density at radius 1 is 1.00 bits per heavy atom. The normalized spacial score (nSPS) is 14.8. The molecule has 0 saturated carbocycles. The number of hydrogen-bond acceptors (Lipinski definition) is 7. The molecule has 39 heavy (non-hydrogen) atoms. The lowest BCUT2D eigenvalue weighted by Gasteiger charge is -2.17. The first-order valence-electron chi connectivity index (χ1n) is 12.1. The van der Waals surface area contributed by atoms with Crippen molar-refractivity contribution in [2.24, 2.45) is 0 Å². The highest BCUT2D eigenvalue weighted by Crippen LogP contribution is 2.34. The van der Waals surface area contributed by atoms with Crippen LogP contribution in [-0.4, -0.2) is 47.9 Å². The Kier molecular flexibility index (Phi) is 8.43. The molecule has 1 saturated heterocycles. The van der Waals surface area contributed by atoms with E-state index in [-0.39, 0.29) is 29.6 Å². The Morgan fingerprint density at radius 3 is 2.33 bits per heavy atom. The predicted octanol–water partition coefficient (Wildman–Crippen LogP) is 4.20. The summed E-state index contributed by atoms with van der Waals surface area (Å²) in [5, 5.41) is 0.145. The molecule has 0 aromatic heterocycles. The van der Waals surface area contributed by atoms with E-state index in [1.165, 1.54) is 18.4 Å². The molecule has 1 heterocycles. The van der Waals surface area contributed by atoms with Crippen LogP contribution in [0.15, 0.2) is 54.6 Å². The molecular weight excluding hydrogens is 564 g/mol. The second kappa shape index (κ2) is 11.4. The second-order valence-electron chi connectivity index (χ2n) is 9.40. The van der Waals surface area contributed by atoms with Crippen LogP contribution < -0.4 is 18.5 Å². The van der Waals surface area contributed by atoms with E-state index in [9.17, 15) is 21.6 Å². The van der Waals surface area contributed by atoms with E-state index in [4.69, 9.17) is 21.1 Å². The summed E-state index contributed by atoms with van der Waals surface area (Å²) < 4.78 is 61.4. The minimum atomic E-state index is -3.95. The Hall–Kier alpha value is -3.28. The summed E-state index contributed by atoms with van der Waals surface area (Å²) in [6.45, 7) is 4.26. The van der Waals surface area contributed by atoms with E-state index in [1.54, 1.807) is 6.07 Å². The number of hydrogen-bond donors (Lipinski definition) is 1. The molecule has 1 aliphatic rings. The predicted molar refractivity (Wildman–Crippen MR) is 151 cm³/mol. The van der Waals surface area contributed by atoms with Gasteiger partial charge in [-0.1, -0.05) is 29.8 Å². The van der Waals surface area contributed by atoms with Crippen molar-refractivity contribution in [2.45, 2.75) is 26.9 Å². The molecule has 3 aromatic rings. The number of rotatable bonds is 10. The summed E-state index contributed by atoms with van der Waals surface area (Å²) in [4.78, 5) is 11.5. The quantitative estimate of drug-likeness (QED) is 0.350. The molecule has 1 N–H and O–H groups in total. The highest BCUT2D eigenvalue weighted by Gasteiger charge is 2.35. The van der Waals surface area contributed by atoms with Gasteiger partial charge in [-0.2, -0.15) is 8.42 Å². The standard InChI is InChI=1S/C27H29ClN2O7S2/c1-18-12-23(36-10-5-11-38(3,32)33)13-19(2)27(18)21-7-4-6-20(14-21)17-37-22-8-9-25(24(28)15-22)30-16-26(31)29-39(30,34)35/h4,6-9,12-15H,5,10-11,16-17H2,1-3H3,(H,29,31). The molecule has 208 valence electrons. The molecule has 0 aliphatic carbocycles. The molecule has 1 fully saturated rings. The van der Waals surface area contributed by atoms with Crippen molar-refractivity contribution in [3.63, 3.8) is 0 Å². The van der Waals surface area contributed by atoms with Crippen molar-refractivity contribution in [2.75, 3.05) is 29.5 Å². The summed E-state index contributed by atoms with van der Waals surface area (Å²) >= 11 is 6.32. The van der Waals surface area contributed by atoms with E-state index in [2.05, 4.69) is 0 Å². The van der Waals surface area contributed by atoms with Gasteiger partial charge in [-0.25, -0.2) is 17.4 Å². The fourth-order valence-electron chi connectivity index (χ4n) is 4.40. The van der Waals surface area contributed by atoms with Gasteiger partial charge in [-0.05, 0) is 78.4 Å². The molecule has 0 atom stereocenters. The maximum Gasteiger partial charge on any atom is 0.326 e. The minimum Gasteiger partial charge on any atom is -0.494 e. The number of anilines is 1. The number of nitrogens with one attached hydrogen (secondary N) is 1. The third-order valence-corrected chi connectivity index (χ3v) is 8.79. The summed E-state index contributed by atoms with van der Waals surface area (Å²) in [6, 6.07) is 16.4. The van der Waals surface area contributed by atoms with Gasteiger partial charge in [0.2, 0.25) is 0 Å². The third kappa shape index (κ3) is 7.23. The van der Waals surface area contributed by atoms with Gasteiger partial charge in [0, 0.05) is 12.3 Å². The molecule has 0 spiro atoms. The highest BCUT2D eigenvalue weighted by atomic mass is 35.5. The highest BCUT2D eigenvalue weighted by molar-refractivity contribution is 7.92. The lowest BCUT2D eigenvalue weighted by Crippen LogP contribution is -2.29. The number of ether oxygens (including phenoxy) is 2. The van der Waals surface area contributed by atoms with Crippen LogP contribution >= 0.6 is 11.6 Å². The number of aryl methyl sites for hydroxylation is 2. The SMILES string of the molecule is Cc1cc(OCCCS(C)(=O)=O)cc(C)c1-c1cccc(COc2ccc(N3CC(=O)NS3(=O)=O)c(Cl)c2)c1. The first kappa shape index (κ1) is 28.7. The van der Waals surface area contributed by atoms with E-state index in [0.29, 0.717) is 24.5 Å². The number of nitrogens with zero attached hydrogens (tertiary/aromatic N) is 1. The van der Waals surface area contributed by atoms with E-state index < -0.39 is 26.0 Å². The largest absolute Gasteiger partial charge is 0.494 e. The average Bonchev–Trinajstić information content (AvgIpc) is 3.11. The Bertz CT molecular complexity index is 1600. The molecule has 0 bridgehead atoms. The van der Waals surface area contributed by atoms with Crippen molar-refractivity contribution in [3.05, 3.63) is 76.3 Å². The zero-order valence-electron chi connectivity index (χ0n) is 21.7. The van der Waals surface area contributed by atoms with Crippen LogP contribution in [0.25, 0.3) is 11.1 Å². The van der Waals surface area contributed by atoms with Crippen LogP contribution in [0.3, 0.4) is 0 Å². The van der Waals surface area contributed by atoms with E-state index >= 15 is 0 Å². The van der Waals surface area contributed by atoms with E-state index in [1.807, 2.05) is 55.0 Å². The minimum absolute atomic E-state index is 0.0904. The van der Waals surface area contributed by atoms with Crippen molar-refractivity contribution in [1.82, 2.24) is 4.72 Å². The summed E-state index contributed by atoms with van der Waals surface area (Å²) in [5.41, 5.74) is 5.25. The van der Waals surface area contributed by atoms with E-state index in [0.717, 1.165) is 32.1 Å². The van der Waals surface area contributed by atoms with Crippen LogP contribution in [0.5, 0.6) is 11.5 Å². The number of amides is 1. The van der Waals surface area contributed by atoms with Gasteiger partial charge in [0.1, 0.15) is 34.5 Å². The monoisotopic (exact) mass is 592 g/mol. The zero-order valence-corrected chi connectivity index (χ0v) is 24.1. The number of halogens is 1. The van der Waals surface area contributed by atoms with Gasteiger partial charge in [0.05, 0.1) is 23.1 Å². The molecule has 4 rings (SSSR count). The van der Waals surface area contributed by atoms with Crippen LogP contribution in [0.1, 0.15) is 23.1 Å². The van der Waals surface area contributed by atoms with Crippen molar-refractivity contribution >= 4 is 43.2 Å². The number of benzene rings is 3. The lowest BCUT2D eigenvalue weighted by atomic mass is 9.94. The summed E-state index contributed by atoms with van der Waals surface area (Å²) in [7, 11) is -6.97. The summed E-state index contributed by atoms with van der Waals surface area (Å²) in [5.74, 6) is 0.620. The number of sulfone groups is 1. The van der Waals surface area contributed by atoms with Gasteiger partial charge in [0.25, 0.3) is 5.91 Å². The zero-order chi connectivity index (χ0) is 28.4. The van der Waals surface area contributed by atoms with Crippen molar-refractivity contribution in [3.8, 4) is 22.6 Å². The third-order valence-electron chi connectivity index (χ3n) is 6.06. The first-order chi connectivity index (χ1) is 18.3. The van der Waals surface area contributed by atoms with Crippen LogP contribution in [0, 0.1) is 13.8 Å². The van der Waals surface area contributed by atoms with Gasteiger partial charge >= 0.3 is 10.2 Å². The average molecular weight is 593 g/mol. The lowest BCUT2D eigenvalue weighted by molar-refractivity contribution is -0.117. The first-order valence-corrected chi connectivity index (χ1v) is 16.0. The molecule has 12 heteroatoms. The van der Waals surface area contributed by atoms with Crippen LogP contribution in [0.4, 0.5) is 5.69 Å². The van der Waals surface area contributed by atoms with Crippen LogP contribution in [-0.2, 0) is 31.4 Å². The van der Waals surface area contributed by atoms with Crippen LogP contribution in [0.2, 0.25) is 5.02 Å². The molecule has 9 nitrogen and oxygen atoms in total. The second-order valence-corrected chi connectivity index (χ2v) is 13.7. The number of carbonyl (C=O) groups excluding carboxylic acids is 1. The fraction of sp³-hybridized carbons (Fsp3) is 0.296. The van der Waals surface area contributed by atoms with Gasteiger partial charge < -0.3 is 9.47 Å². The Balaban J connectivity index is 1.44. The molecule has 0 radical (unpaired) electrons. The Morgan fingerprint density at radius 2 is 1.72 bits per heavy atom. The Labute approximate surface area is 233 Å². The molecular formula is C27H29ClN2O7S2. The fourth-order valence-corrected chi connectivity index (χ4v) is 6.53. The number of carbonyl (C=O) groups is 1. The topological polar surface area (TPSA) is 119 Å². The molecule has 3 aromatic carbocycles.